The van der Waals surface area contributed by atoms with Crippen molar-refractivity contribution in [2.24, 2.45) is 5.73 Å². The zero-order valence-corrected chi connectivity index (χ0v) is 14.3. The van der Waals surface area contributed by atoms with E-state index in [0.29, 0.717) is 24.7 Å². The van der Waals surface area contributed by atoms with Crippen LogP contribution in [0.25, 0.3) is 0 Å². The summed E-state index contributed by atoms with van der Waals surface area (Å²) in [5.41, 5.74) is 7.15. The first kappa shape index (κ1) is 18.0. The van der Waals surface area contributed by atoms with E-state index in [4.69, 9.17) is 22.1 Å². The number of hydrogen-bond donors (Lipinski definition) is 2. The number of unbranched alkanes of at least 4 members (excludes halogenated alkanes) is 3. The number of hydrogen-bond acceptors (Lipinski definition) is 4. The van der Waals surface area contributed by atoms with Crippen LogP contribution in [0.2, 0.25) is 5.02 Å². The second-order valence-corrected chi connectivity index (χ2v) is 6.14. The summed E-state index contributed by atoms with van der Waals surface area (Å²) in [6.07, 6.45) is 4.56. The topological polar surface area (TPSA) is 67.6 Å². The van der Waals surface area contributed by atoms with E-state index in [0.717, 1.165) is 56.7 Å². The molecule has 1 aromatic rings. The lowest BCUT2D eigenvalue weighted by molar-refractivity contribution is -0.116. The Morgan fingerprint density at radius 2 is 1.96 bits per heavy atom. The van der Waals surface area contributed by atoms with Crippen molar-refractivity contribution in [1.29, 1.82) is 0 Å². The van der Waals surface area contributed by atoms with Crippen LogP contribution in [0.4, 0.5) is 11.4 Å². The van der Waals surface area contributed by atoms with E-state index < -0.39 is 0 Å². The van der Waals surface area contributed by atoms with Crippen molar-refractivity contribution in [3.8, 4) is 0 Å². The molecule has 2 rings (SSSR count). The first-order valence-electron chi connectivity index (χ1n) is 8.33. The fourth-order valence-electron chi connectivity index (χ4n) is 2.72. The predicted octanol–water partition coefficient (Wildman–Crippen LogP) is 3.02. The number of halogens is 1. The number of morpholine rings is 1. The average Bonchev–Trinajstić information content (AvgIpc) is 2.55. The number of carbonyl (C=O) groups excluding carboxylic acids is 1. The van der Waals surface area contributed by atoms with Crippen LogP contribution in [0.1, 0.15) is 32.1 Å². The van der Waals surface area contributed by atoms with Crippen LogP contribution in [0, 0.1) is 0 Å². The Balaban J connectivity index is 1.93. The van der Waals surface area contributed by atoms with Gasteiger partial charge in [0.1, 0.15) is 0 Å². The molecule has 23 heavy (non-hydrogen) atoms. The molecule has 0 atom stereocenters. The third kappa shape index (κ3) is 5.68. The van der Waals surface area contributed by atoms with Crippen molar-refractivity contribution in [2.75, 3.05) is 43.1 Å². The number of para-hydroxylation sites is 1. The number of nitrogens with two attached hydrogens (primary N) is 1. The van der Waals surface area contributed by atoms with E-state index in [9.17, 15) is 4.79 Å². The minimum absolute atomic E-state index is 0.0366. The predicted molar refractivity (Wildman–Crippen MR) is 95.3 cm³/mol. The number of benzene rings is 1. The number of carbonyl (C=O) groups is 1. The van der Waals surface area contributed by atoms with Crippen molar-refractivity contribution >= 4 is 28.9 Å². The van der Waals surface area contributed by atoms with Gasteiger partial charge in [-0.1, -0.05) is 30.5 Å². The van der Waals surface area contributed by atoms with Crippen molar-refractivity contribution in [2.45, 2.75) is 32.1 Å². The Labute approximate surface area is 143 Å². The number of amides is 1. The van der Waals surface area contributed by atoms with E-state index in [-0.39, 0.29) is 5.91 Å². The summed E-state index contributed by atoms with van der Waals surface area (Å²) in [5, 5.41) is 3.67. The van der Waals surface area contributed by atoms with Crippen molar-refractivity contribution in [3.05, 3.63) is 23.2 Å². The number of anilines is 2. The summed E-state index contributed by atoms with van der Waals surface area (Å²) >= 11 is 6.36. The third-order valence-electron chi connectivity index (χ3n) is 3.95. The van der Waals surface area contributed by atoms with Crippen LogP contribution in [-0.2, 0) is 9.53 Å². The van der Waals surface area contributed by atoms with Gasteiger partial charge in [0.15, 0.2) is 0 Å². The lowest BCUT2D eigenvalue weighted by atomic mass is 10.1. The molecule has 0 spiro atoms. The van der Waals surface area contributed by atoms with E-state index in [1.165, 1.54) is 0 Å². The normalized spacial score (nSPS) is 14.8. The highest BCUT2D eigenvalue weighted by Crippen LogP contribution is 2.34. The van der Waals surface area contributed by atoms with Crippen LogP contribution >= 0.6 is 11.6 Å². The first-order valence-corrected chi connectivity index (χ1v) is 8.71. The summed E-state index contributed by atoms with van der Waals surface area (Å²) in [4.78, 5) is 14.3. The maximum Gasteiger partial charge on any atom is 0.224 e. The minimum Gasteiger partial charge on any atom is -0.378 e. The van der Waals surface area contributed by atoms with Gasteiger partial charge in [0, 0.05) is 19.5 Å². The summed E-state index contributed by atoms with van der Waals surface area (Å²) in [5.74, 6) is 0.0366. The maximum atomic E-state index is 12.2. The Bertz CT molecular complexity index is 505. The maximum absolute atomic E-state index is 12.2. The standard InChI is InChI=1S/C17H26ClN3O2/c18-14-6-5-7-15(17(14)21-10-12-23-13-11-21)20-16(22)8-3-1-2-4-9-19/h5-7H,1-4,8-13,19H2,(H,20,22). The molecule has 0 aliphatic carbocycles. The average molecular weight is 340 g/mol. The van der Waals surface area contributed by atoms with Crippen molar-refractivity contribution in [1.82, 2.24) is 0 Å². The lowest BCUT2D eigenvalue weighted by Crippen LogP contribution is -2.37. The number of nitrogens with one attached hydrogen (secondary N) is 1. The highest BCUT2D eigenvalue weighted by atomic mass is 35.5. The van der Waals surface area contributed by atoms with Crippen molar-refractivity contribution < 1.29 is 9.53 Å². The van der Waals surface area contributed by atoms with E-state index >= 15 is 0 Å². The molecule has 1 aromatic carbocycles. The molecule has 1 aliphatic rings. The number of ether oxygens (including phenoxy) is 1. The minimum atomic E-state index is 0.0366. The fourth-order valence-corrected chi connectivity index (χ4v) is 3.01. The lowest BCUT2D eigenvalue weighted by Gasteiger charge is -2.31. The monoisotopic (exact) mass is 339 g/mol. The van der Waals surface area contributed by atoms with Crippen LogP contribution in [0.15, 0.2) is 18.2 Å². The summed E-state index contributed by atoms with van der Waals surface area (Å²) in [7, 11) is 0. The summed E-state index contributed by atoms with van der Waals surface area (Å²) in [6, 6.07) is 5.63. The second kappa shape index (κ2) is 9.75. The quantitative estimate of drug-likeness (QED) is 0.714. The van der Waals surface area contributed by atoms with Gasteiger partial charge in [-0.3, -0.25) is 4.79 Å². The fraction of sp³-hybridized carbons (Fsp3) is 0.588. The van der Waals surface area contributed by atoms with E-state index in [1.807, 2.05) is 18.2 Å². The molecule has 3 N–H and O–H groups in total. The Morgan fingerprint density at radius 3 is 2.70 bits per heavy atom. The molecule has 1 heterocycles. The SMILES string of the molecule is NCCCCCCC(=O)Nc1cccc(Cl)c1N1CCOCC1. The zero-order valence-electron chi connectivity index (χ0n) is 13.5. The molecule has 128 valence electrons. The van der Waals surface area contributed by atoms with E-state index in [2.05, 4.69) is 10.2 Å². The van der Waals surface area contributed by atoms with Gasteiger partial charge in [0.05, 0.1) is 29.6 Å². The molecule has 0 unspecified atom stereocenters. The molecule has 0 radical (unpaired) electrons. The smallest absolute Gasteiger partial charge is 0.224 e. The highest BCUT2D eigenvalue weighted by Gasteiger charge is 2.18. The molecule has 0 saturated carbocycles. The molecule has 1 aliphatic heterocycles. The molecule has 0 aromatic heterocycles. The molecule has 6 heteroatoms. The van der Waals surface area contributed by atoms with Gasteiger partial charge in [0.25, 0.3) is 0 Å². The van der Waals surface area contributed by atoms with Gasteiger partial charge in [0.2, 0.25) is 5.91 Å². The van der Waals surface area contributed by atoms with Crippen LogP contribution in [0.3, 0.4) is 0 Å². The van der Waals surface area contributed by atoms with Gasteiger partial charge >= 0.3 is 0 Å². The third-order valence-corrected chi connectivity index (χ3v) is 4.25. The summed E-state index contributed by atoms with van der Waals surface area (Å²) in [6.45, 7) is 3.65. The van der Waals surface area contributed by atoms with Gasteiger partial charge in [-0.25, -0.2) is 0 Å². The van der Waals surface area contributed by atoms with Crippen LogP contribution in [-0.4, -0.2) is 38.8 Å². The first-order chi connectivity index (χ1) is 11.2. The Kier molecular flexibility index (Phi) is 7.65. The number of nitrogens with zero attached hydrogens (tertiary/aromatic N) is 1. The van der Waals surface area contributed by atoms with Gasteiger partial charge in [-0.15, -0.1) is 0 Å². The highest BCUT2D eigenvalue weighted by molar-refractivity contribution is 6.34. The Hall–Kier alpha value is -1.30. The molecule has 1 fully saturated rings. The van der Waals surface area contributed by atoms with Gasteiger partial charge in [-0.2, -0.15) is 0 Å². The molecule has 1 amide bonds. The van der Waals surface area contributed by atoms with E-state index in [1.54, 1.807) is 0 Å². The van der Waals surface area contributed by atoms with Crippen LogP contribution in [0.5, 0.6) is 0 Å². The van der Waals surface area contributed by atoms with Crippen molar-refractivity contribution in [3.63, 3.8) is 0 Å². The number of rotatable bonds is 8. The molecular weight excluding hydrogens is 314 g/mol. The zero-order chi connectivity index (χ0) is 16.5. The molecular formula is C17H26ClN3O2. The molecule has 0 bridgehead atoms. The molecule has 1 saturated heterocycles. The second-order valence-electron chi connectivity index (χ2n) is 5.74. The van der Waals surface area contributed by atoms with Gasteiger partial charge < -0.3 is 20.7 Å². The largest absolute Gasteiger partial charge is 0.378 e. The Morgan fingerprint density at radius 1 is 1.22 bits per heavy atom. The van der Waals surface area contributed by atoms with Gasteiger partial charge in [-0.05, 0) is 31.5 Å². The summed E-state index contributed by atoms with van der Waals surface area (Å²) < 4.78 is 5.39. The van der Waals surface area contributed by atoms with Crippen LogP contribution < -0.4 is 16.0 Å². The molecule has 5 nitrogen and oxygen atoms in total.